The number of hydrogen-bond donors (Lipinski definition) is 0. The summed E-state index contributed by atoms with van der Waals surface area (Å²) >= 11 is 0. The molecule has 6 aromatic heterocycles. The van der Waals surface area contributed by atoms with E-state index < -0.39 is 0 Å². The number of para-hydroxylation sites is 6. The van der Waals surface area contributed by atoms with Crippen LogP contribution in [-0.4, -0.2) is 28.2 Å². The predicted octanol–water partition coefficient (Wildman–Crippen LogP) is 24.3. The second-order valence-electron chi connectivity index (χ2n) is 25.9. The summed E-state index contributed by atoms with van der Waals surface area (Å²) in [6, 6.07) is 122. The van der Waals surface area contributed by atoms with Crippen molar-refractivity contribution in [2.75, 3.05) is 9.80 Å². The van der Waals surface area contributed by atoms with E-state index in [9.17, 15) is 0 Å². The molecule has 8 nitrogen and oxygen atoms in total. The third-order valence-electron chi connectivity index (χ3n) is 20.1. The second-order valence-corrected chi connectivity index (χ2v) is 25.9. The van der Waals surface area contributed by atoms with Gasteiger partial charge in [-0.25, -0.2) is 9.97 Å². The highest BCUT2D eigenvalue weighted by atomic mass is 15.2. The van der Waals surface area contributed by atoms with Crippen LogP contribution < -0.4 is 9.80 Å². The van der Waals surface area contributed by atoms with E-state index in [1.165, 1.54) is 87.0 Å². The van der Waals surface area contributed by atoms with Gasteiger partial charge in [0.2, 0.25) is 0 Å². The van der Waals surface area contributed by atoms with E-state index in [0.29, 0.717) is 0 Å². The molecule has 0 N–H and O–H groups in total. The van der Waals surface area contributed by atoms with Crippen molar-refractivity contribution in [1.82, 2.24) is 28.2 Å². The van der Waals surface area contributed by atoms with Gasteiger partial charge in [0.1, 0.15) is 11.3 Å². The van der Waals surface area contributed by atoms with Gasteiger partial charge in [0, 0.05) is 125 Å². The Morgan fingerprint density at radius 2 is 0.610 bits per heavy atom. The average Bonchev–Trinajstić information content (AvgIpc) is 1.56. The van der Waals surface area contributed by atoms with Crippen molar-refractivity contribution in [3.63, 3.8) is 0 Å². The van der Waals surface area contributed by atoms with Crippen LogP contribution in [0.15, 0.2) is 352 Å². The zero-order chi connectivity index (χ0) is 66.4. The van der Waals surface area contributed by atoms with Gasteiger partial charge >= 0.3 is 0 Å². The minimum atomic E-state index is 0.952. The molecule has 0 atom stereocenters. The van der Waals surface area contributed by atoms with Crippen LogP contribution in [0, 0.1) is 6.92 Å². The lowest BCUT2D eigenvalue weighted by atomic mass is 9.93. The van der Waals surface area contributed by atoms with Crippen molar-refractivity contribution in [3.8, 4) is 28.2 Å². The van der Waals surface area contributed by atoms with E-state index in [1.54, 1.807) is 0 Å². The van der Waals surface area contributed by atoms with E-state index in [4.69, 9.17) is 9.97 Å². The smallest absolute Gasteiger partial charge is 0.145 e. The number of benzene rings is 14. The summed E-state index contributed by atoms with van der Waals surface area (Å²) in [5.74, 6) is 0. The van der Waals surface area contributed by atoms with E-state index in [2.05, 4.69) is 370 Å². The Kier molecular flexibility index (Phi) is 13.8. The standard InChI is InChI=1S/C56H38N4.C36H26N4/c1-37-24-28-45-38(33-37)13-10-20-47(45)48-21-11-14-39-34-42(25-29-46(39)48)59-54-30-26-43(58(40-15-4-2-5-16-40)41-17-6-3-7-18-41)35-51(54)52-36-44(27-31-55(52)59)60-53-23-9-8-19-49(53)50-22-12-32-57-56(50)60;1-38-33-20-18-27(39(25-11-4-2-5-12-25)26-13-6-3-7-14-26)23-31(33)32-24-28(19-21-34(32)38)40-35-17-9-8-15-29(35)30-16-10-22-37-36(30)40/h2-36H,1H3;2-24H,1H3. The van der Waals surface area contributed by atoms with Crippen LogP contribution in [-0.2, 0) is 7.05 Å². The van der Waals surface area contributed by atoms with Crippen molar-refractivity contribution >= 4 is 143 Å². The minimum absolute atomic E-state index is 0.952. The highest BCUT2D eigenvalue weighted by Crippen LogP contribution is 2.45. The van der Waals surface area contributed by atoms with Gasteiger partial charge in [0.05, 0.1) is 22.1 Å². The molecule has 0 aliphatic carbocycles. The topological polar surface area (TPSA) is 52.0 Å². The maximum Gasteiger partial charge on any atom is 0.145 e. The monoisotopic (exact) mass is 1280 g/mol. The molecule has 0 unspecified atom stereocenters. The van der Waals surface area contributed by atoms with Crippen LogP contribution in [0.2, 0.25) is 0 Å². The summed E-state index contributed by atoms with van der Waals surface area (Å²) in [5, 5.41) is 14.5. The third-order valence-corrected chi connectivity index (χ3v) is 20.1. The summed E-state index contributed by atoms with van der Waals surface area (Å²) in [7, 11) is 2.15. The fourth-order valence-corrected chi connectivity index (χ4v) is 15.6. The molecule has 0 radical (unpaired) electrons. The van der Waals surface area contributed by atoms with Crippen molar-refractivity contribution in [2.24, 2.45) is 7.05 Å². The van der Waals surface area contributed by atoms with Crippen LogP contribution >= 0.6 is 0 Å². The normalized spacial score (nSPS) is 11.7. The van der Waals surface area contributed by atoms with E-state index in [-0.39, 0.29) is 0 Å². The molecule has 472 valence electrons. The molecular formula is C92H64N8. The fourth-order valence-electron chi connectivity index (χ4n) is 15.6. The SMILES string of the molecule is Cc1ccc2c(-c3cccc4cc(-n5c6ccc(N(c7ccccc7)c7ccccc7)cc6c6cc(-n7c8ccccc8c8cccnc87)ccc65)ccc34)cccc2c1.Cn1c2ccc(N(c3ccccc3)c3ccccc3)cc2c2cc(-n3c4ccccc4c4cccnc43)ccc21. The molecule has 0 saturated heterocycles. The summed E-state index contributed by atoms with van der Waals surface area (Å²) in [6.45, 7) is 2.16. The molecule has 6 heterocycles. The molecule has 0 amide bonds. The molecule has 0 fully saturated rings. The first-order valence-electron chi connectivity index (χ1n) is 34.1. The number of aromatic nitrogens is 6. The molecule has 0 spiro atoms. The first kappa shape index (κ1) is 58.1. The molecule has 0 saturated carbocycles. The summed E-state index contributed by atoms with van der Waals surface area (Å²) in [6.07, 6.45) is 3.77. The Bertz CT molecular complexity index is 6380. The minimum Gasteiger partial charge on any atom is -0.344 e. The van der Waals surface area contributed by atoms with Gasteiger partial charge in [0.15, 0.2) is 0 Å². The van der Waals surface area contributed by atoms with Crippen molar-refractivity contribution in [3.05, 3.63) is 358 Å². The molecule has 0 bridgehead atoms. The number of rotatable bonds is 10. The number of aryl methyl sites for hydroxylation is 2. The molecule has 0 aliphatic heterocycles. The first-order valence-corrected chi connectivity index (χ1v) is 34.1. The number of nitrogens with zero attached hydrogens (tertiary/aromatic N) is 8. The summed E-state index contributed by atoms with van der Waals surface area (Å²) in [5.41, 5.74) is 22.7. The van der Waals surface area contributed by atoms with Gasteiger partial charge in [-0.15, -0.1) is 0 Å². The van der Waals surface area contributed by atoms with E-state index in [1.807, 2.05) is 24.5 Å². The molecule has 14 aromatic carbocycles. The molecule has 0 aliphatic rings. The summed E-state index contributed by atoms with van der Waals surface area (Å²) < 4.78 is 9.32. The van der Waals surface area contributed by atoms with Crippen LogP contribution in [0.4, 0.5) is 34.1 Å². The van der Waals surface area contributed by atoms with Crippen LogP contribution in [0.5, 0.6) is 0 Å². The van der Waals surface area contributed by atoms with Crippen LogP contribution in [0.1, 0.15) is 5.56 Å². The van der Waals surface area contributed by atoms with Gasteiger partial charge in [0.25, 0.3) is 0 Å². The Morgan fingerprint density at radius 1 is 0.240 bits per heavy atom. The Balaban J connectivity index is 0.000000151. The maximum absolute atomic E-state index is 4.92. The van der Waals surface area contributed by atoms with Gasteiger partial charge in [-0.1, -0.05) is 175 Å². The van der Waals surface area contributed by atoms with Gasteiger partial charge in [-0.2, -0.15) is 0 Å². The molecular weight excluding hydrogens is 1220 g/mol. The van der Waals surface area contributed by atoms with Gasteiger partial charge in [-0.05, 0) is 209 Å². The van der Waals surface area contributed by atoms with E-state index >= 15 is 0 Å². The van der Waals surface area contributed by atoms with Crippen LogP contribution in [0.3, 0.4) is 0 Å². The zero-order valence-corrected chi connectivity index (χ0v) is 55.1. The lowest BCUT2D eigenvalue weighted by Crippen LogP contribution is -2.09. The molecule has 8 heteroatoms. The predicted molar refractivity (Wildman–Crippen MR) is 420 cm³/mol. The van der Waals surface area contributed by atoms with Crippen LogP contribution in [0.25, 0.3) is 137 Å². The van der Waals surface area contributed by atoms with E-state index in [0.717, 1.165) is 89.9 Å². The van der Waals surface area contributed by atoms with Crippen molar-refractivity contribution < 1.29 is 0 Å². The van der Waals surface area contributed by atoms with Crippen molar-refractivity contribution in [2.45, 2.75) is 6.92 Å². The highest BCUT2D eigenvalue weighted by Gasteiger charge is 2.23. The first-order chi connectivity index (χ1) is 49.5. The maximum atomic E-state index is 4.92. The Labute approximate surface area is 577 Å². The Hall–Kier alpha value is -13.3. The summed E-state index contributed by atoms with van der Waals surface area (Å²) in [4.78, 5) is 14.4. The number of anilines is 6. The number of pyridine rings is 2. The number of hydrogen-bond acceptors (Lipinski definition) is 4. The lowest BCUT2D eigenvalue weighted by Gasteiger charge is -2.25. The molecule has 20 rings (SSSR count). The van der Waals surface area contributed by atoms with Gasteiger partial charge in [-0.3, -0.25) is 9.13 Å². The quantitative estimate of drug-likeness (QED) is 0.137. The second kappa shape index (κ2) is 23.8. The van der Waals surface area contributed by atoms with Crippen molar-refractivity contribution in [1.29, 1.82) is 0 Å². The number of fused-ring (bicyclic) bond motifs is 14. The fraction of sp³-hybridized carbons (Fsp3) is 0.0217. The average molecular weight is 1280 g/mol. The highest BCUT2D eigenvalue weighted by molar-refractivity contribution is 6.15. The zero-order valence-electron chi connectivity index (χ0n) is 55.1. The third kappa shape index (κ3) is 9.59. The van der Waals surface area contributed by atoms with Gasteiger partial charge < -0.3 is 18.9 Å². The largest absolute Gasteiger partial charge is 0.344 e. The lowest BCUT2D eigenvalue weighted by molar-refractivity contribution is 1.01. The molecule has 20 aromatic rings. The molecule has 100 heavy (non-hydrogen) atoms. The Morgan fingerprint density at radius 3 is 1.12 bits per heavy atom.